The Balaban J connectivity index is 2.39. The van der Waals surface area contributed by atoms with Crippen molar-refractivity contribution in [1.82, 2.24) is 9.55 Å². The van der Waals surface area contributed by atoms with E-state index in [1.807, 2.05) is 4.57 Å². The van der Waals surface area contributed by atoms with Crippen LogP contribution in [0, 0.1) is 12.7 Å². The number of rotatable bonds is 7. The molecule has 0 aliphatic carbocycles. The summed E-state index contributed by atoms with van der Waals surface area (Å²) in [7, 11) is 0. The highest BCUT2D eigenvalue weighted by molar-refractivity contribution is 7.99. The second-order valence-corrected chi connectivity index (χ2v) is 5.97. The van der Waals surface area contributed by atoms with Gasteiger partial charge >= 0.3 is 5.97 Å². The highest BCUT2D eigenvalue weighted by atomic mass is 32.2. The van der Waals surface area contributed by atoms with Crippen LogP contribution in [0.1, 0.15) is 31.7 Å². The Labute approximate surface area is 127 Å². The van der Waals surface area contributed by atoms with Crippen LogP contribution in [0.3, 0.4) is 0 Å². The molecule has 0 amide bonds. The molecule has 6 heteroatoms. The van der Waals surface area contributed by atoms with Crippen molar-refractivity contribution in [2.24, 2.45) is 0 Å². The molecule has 0 aliphatic heterocycles. The summed E-state index contributed by atoms with van der Waals surface area (Å²) in [6.07, 6.45) is 3.21. The minimum absolute atomic E-state index is 0.0431. The number of carboxylic acid groups (broad SMARTS) is 1. The highest BCUT2D eigenvalue weighted by Gasteiger charge is 2.14. The normalized spacial score (nSPS) is 11.2. The summed E-state index contributed by atoms with van der Waals surface area (Å²) in [5.41, 5.74) is 2.04. The molecule has 0 spiro atoms. The molecule has 0 bridgehead atoms. The Kier molecular flexibility index (Phi) is 5.22. The van der Waals surface area contributed by atoms with Crippen LogP contribution >= 0.6 is 11.8 Å². The van der Waals surface area contributed by atoms with E-state index in [-0.39, 0.29) is 11.6 Å². The molecule has 21 heavy (non-hydrogen) atoms. The van der Waals surface area contributed by atoms with E-state index in [4.69, 9.17) is 5.11 Å². The number of fused-ring (bicyclic) bond motifs is 1. The lowest BCUT2D eigenvalue weighted by atomic mass is 10.2. The predicted octanol–water partition coefficient (Wildman–Crippen LogP) is 3.85. The molecule has 2 aromatic rings. The maximum absolute atomic E-state index is 13.7. The first-order valence-corrected chi connectivity index (χ1v) is 8.02. The zero-order valence-electron chi connectivity index (χ0n) is 12.2. The fourth-order valence-electron chi connectivity index (χ4n) is 2.20. The Hall–Kier alpha value is -1.56. The van der Waals surface area contributed by atoms with Crippen LogP contribution in [-0.4, -0.2) is 26.4 Å². The SMILES string of the molecule is CCCCCn1c(SCC(=O)O)nc2cc(F)c(C)cc21. The van der Waals surface area contributed by atoms with Crippen LogP contribution in [0.15, 0.2) is 17.3 Å². The fourth-order valence-corrected chi connectivity index (χ4v) is 2.96. The lowest BCUT2D eigenvalue weighted by Gasteiger charge is -2.08. The Bertz CT molecular complexity index is 655. The molecule has 4 nitrogen and oxygen atoms in total. The third-order valence-electron chi connectivity index (χ3n) is 3.30. The van der Waals surface area contributed by atoms with Crippen LogP contribution < -0.4 is 0 Å². The molecule has 1 N–H and O–H groups in total. The monoisotopic (exact) mass is 310 g/mol. The largest absolute Gasteiger partial charge is 0.481 e. The number of thioether (sulfide) groups is 1. The standard InChI is InChI=1S/C15H19FN2O2S/c1-3-4-5-6-18-13-7-10(2)11(16)8-12(13)17-15(18)21-9-14(19)20/h7-8H,3-6,9H2,1-2H3,(H,19,20). The first-order valence-electron chi connectivity index (χ1n) is 7.04. The number of nitrogens with zero attached hydrogens (tertiary/aromatic N) is 2. The minimum atomic E-state index is -0.880. The third kappa shape index (κ3) is 3.75. The van der Waals surface area contributed by atoms with Crippen molar-refractivity contribution in [2.45, 2.75) is 44.8 Å². The summed E-state index contributed by atoms with van der Waals surface area (Å²) >= 11 is 1.18. The number of halogens is 1. The molecule has 0 atom stereocenters. The van der Waals surface area contributed by atoms with Gasteiger partial charge in [-0.25, -0.2) is 9.37 Å². The summed E-state index contributed by atoms with van der Waals surface area (Å²) in [6, 6.07) is 3.21. The summed E-state index contributed by atoms with van der Waals surface area (Å²) in [6.45, 7) is 4.63. The molecule has 114 valence electrons. The second kappa shape index (κ2) is 6.93. The highest BCUT2D eigenvalue weighted by Crippen LogP contribution is 2.26. The number of aromatic nitrogens is 2. The van der Waals surface area contributed by atoms with Crippen LogP contribution in [0.4, 0.5) is 4.39 Å². The number of benzene rings is 1. The van der Waals surface area contributed by atoms with Gasteiger partial charge in [0.15, 0.2) is 5.16 Å². The number of carboxylic acids is 1. The smallest absolute Gasteiger partial charge is 0.313 e. The maximum Gasteiger partial charge on any atom is 0.313 e. The van der Waals surface area contributed by atoms with Crippen molar-refractivity contribution < 1.29 is 14.3 Å². The fraction of sp³-hybridized carbons (Fsp3) is 0.467. The number of aryl methyl sites for hydroxylation is 2. The third-order valence-corrected chi connectivity index (χ3v) is 4.26. The Morgan fingerprint density at radius 2 is 2.19 bits per heavy atom. The molecular weight excluding hydrogens is 291 g/mol. The van der Waals surface area contributed by atoms with Gasteiger partial charge in [0.25, 0.3) is 0 Å². The van der Waals surface area contributed by atoms with Crippen LogP contribution in [0.25, 0.3) is 11.0 Å². The topological polar surface area (TPSA) is 55.1 Å². The van der Waals surface area contributed by atoms with Crippen molar-refractivity contribution in [3.8, 4) is 0 Å². The van der Waals surface area contributed by atoms with Gasteiger partial charge in [0.1, 0.15) is 5.82 Å². The first-order chi connectivity index (χ1) is 10.0. The summed E-state index contributed by atoms with van der Waals surface area (Å²) < 4.78 is 15.7. The van der Waals surface area contributed by atoms with Crippen molar-refractivity contribution in [3.63, 3.8) is 0 Å². The van der Waals surface area contributed by atoms with Crippen molar-refractivity contribution in [3.05, 3.63) is 23.5 Å². The summed E-state index contributed by atoms with van der Waals surface area (Å²) in [5.74, 6) is -1.21. The molecular formula is C15H19FN2O2S. The van der Waals surface area contributed by atoms with E-state index in [1.54, 1.807) is 13.0 Å². The predicted molar refractivity (Wildman–Crippen MR) is 82.3 cm³/mol. The average molecular weight is 310 g/mol. The van der Waals surface area contributed by atoms with Gasteiger partial charge in [-0.05, 0) is 25.0 Å². The lowest BCUT2D eigenvalue weighted by molar-refractivity contribution is -0.133. The van der Waals surface area contributed by atoms with E-state index in [2.05, 4.69) is 11.9 Å². The van der Waals surface area contributed by atoms with Gasteiger partial charge in [0, 0.05) is 12.6 Å². The molecule has 0 fully saturated rings. The van der Waals surface area contributed by atoms with Crippen LogP contribution in [-0.2, 0) is 11.3 Å². The number of hydrogen-bond acceptors (Lipinski definition) is 3. The van der Waals surface area contributed by atoms with Gasteiger partial charge in [-0.2, -0.15) is 0 Å². The van der Waals surface area contributed by atoms with Gasteiger partial charge in [-0.1, -0.05) is 31.5 Å². The van der Waals surface area contributed by atoms with Crippen molar-refractivity contribution in [2.75, 3.05) is 5.75 Å². The quantitative estimate of drug-likeness (QED) is 0.623. The van der Waals surface area contributed by atoms with E-state index in [0.29, 0.717) is 16.2 Å². The Morgan fingerprint density at radius 3 is 2.86 bits per heavy atom. The van der Waals surface area contributed by atoms with Crippen LogP contribution in [0.5, 0.6) is 0 Å². The number of imidazole rings is 1. The molecule has 0 saturated heterocycles. The molecule has 0 aliphatic rings. The minimum Gasteiger partial charge on any atom is -0.481 e. The zero-order valence-corrected chi connectivity index (χ0v) is 13.0. The van der Waals surface area contributed by atoms with Crippen LogP contribution in [0.2, 0.25) is 0 Å². The van der Waals surface area contributed by atoms with Crippen molar-refractivity contribution >= 4 is 28.8 Å². The average Bonchev–Trinajstić information content (AvgIpc) is 2.75. The second-order valence-electron chi connectivity index (χ2n) is 5.03. The van der Waals surface area contributed by atoms with E-state index < -0.39 is 5.97 Å². The van der Waals surface area contributed by atoms with Gasteiger partial charge in [0.05, 0.1) is 16.8 Å². The summed E-state index contributed by atoms with van der Waals surface area (Å²) in [5, 5.41) is 9.47. The molecule has 1 heterocycles. The van der Waals surface area contributed by atoms with Gasteiger partial charge in [0.2, 0.25) is 0 Å². The molecule has 0 radical (unpaired) electrons. The zero-order chi connectivity index (χ0) is 15.4. The first kappa shape index (κ1) is 15.8. The van der Waals surface area contributed by atoms with E-state index >= 15 is 0 Å². The molecule has 0 unspecified atom stereocenters. The van der Waals surface area contributed by atoms with E-state index in [9.17, 15) is 9.18 Å². The molecule has 2 rings (SSSR count). The van der Waals surface area contributed by atoms with Gasteiger partial charge in [-0.15, -0.1) is 0 Å². The molecule has 1 aromatic heterocycles. The lowest BCUT2D eigenvalue weighted by Crippen LogP contribution is -2.03. The van der Waals surface area contributed by atoms with E-state index in [1.165, 1.54) is 17.8 Å². The van der Waals surface area contributed by atoms with Crippen molar-refractivity contribution in [1.29, 1.82) is 0 Å². The molecule has 1 aromatic carbocycles. The number of hydrogen-bond donors (Lipinski definition) is 1. The number of carbonyl (C=O) groups is 1. The summed E-state index contributed by atoms with van der Waals surface area (Å²) in [4.78, 5) is 15.1. The number of unbranched alkanes of at least 4 members (excludes halogenated alkanes) is 2. The molecule has 0 saturated carbocycles. The Morgan fingerprint density at radius 1 is 1.43 bits per heavy atom. The van der Waals surface area contributed by atoms with Gasteiger partial charge in [-0.3, -0.25) is 4.79 Å². The van der Waals surface area contributed by atoms with E-state index in [0.717, 1.165) is 31.3 Å². The maximum atomic E-state index is 13.7. The van der Waals surface area contributed by atoms with Gasteiger partial charge < -0.3 is 9.67 Å². The number of aliphatic carboxylic acids is 1.